The molecule has 1 N–H and O–H groups in total. The fourth-order valence-corrected chi connectivity index (χ4v) is 4.46. The number of urea groups is 1. The number of likely N-dealkylation sites (tertiary alicyclic amines) is 1. The molecule has 4 nitrogen and oxygen atoms in total. The molecule has 0 unspecified atom stereocenters. The Hall–Kier alpha value is -1.37. The van der Waals surface area contributed by atoms with Crippen LogP contribution in [0.3, 0.4) is 0 Å². The van der Waals surface area contributed by atoms with Gasteiger partial charge in [-0.05, 0) is 40.9 Å². The molecule has 0 spiro atoms. The first-order valence-corrected chi connectivity index (χ1v) is 8.94. The molecule has 110 valence electrons. The number of hydrogen-bond donors (Lipinski definition) is 1. The van der Waals surface area contributed by atoms with Gasteiger partial charge < -0.3 is 4.90 Å². The maximum atomic E-state index is 12.1. The lowest BCUT2D eigenvalue weighted by atomic mass is 10.0. The molecular formula is C15H17N3OS2. The maximum Gasteiger partial charge on any atom is 0.322 e. The van der Waals surface area contributed by atoms with E-state index in [0.29, 0.717) is 6.04 Å². The molecule has 4 heterocycles. The molecule has 6 heteroatoms. The van der Waals surface area contributed by atoms with E-state index in [1.807, 2.05) is 33.7 Å². The summed E-state index contributed by atoms with van der Waals surface area (Å²) in [6.45, 7) is 3.86. The van der Waals surface area contributed by atoms with Gasteiger partial charge >= 0.3 is 6.03 Å². The van der Waals surface area contributed by atoms with Crippen LogP contribution in [0.2, 0.25) is 0 Å². The number of hydrogen-bond acceptors (Lipinski definition) is 4. The lowest BCUT2D eigenvalue weighted by Gasteiger charge is -2.46. The van der Waals surface area contributed by atoms with Gasteiger partial charge in [0.05, 0.1) is 5.00 Å². The Morgan fingerprint density at radius 1 is 1.24 bits per heavy atom. The van der Waals surface area contributed by atoms with Crippen LogP contribution < -0.4 is 5.32 Å². The maximum absolute atomic E-state index is 12.1. The highest BCUT2D eigenvalue weighted by atomic mass is 32.1. The van der Waals surface area contributed by atoms with Crippen molar-refractivity contribution < 1.29 is 4.79 Å². The second-order valence-corrected chi connectivity index (χ2v) is 7.50. The van der Waals surface area contributed by atoms with Crippen molar-refractivity contribution in [2.45, 2.75) is 19.0 Å². The van der Waals surface area contributed by atoms with Crippen molar-refractivity contribution in [1.82, 2.24) is 9.80 Å². The van der Waals surface area contributed by atoms with Crippen LogP contribution in [0.15, 0.2) is 29.0 Å². The highest BCUT2D eigenvalue weighted by Gasteiger charge is 2.36. The summed E-state index contributed by atoms with van der Waals surface area (Å²) >= 11 is 3.43. The molecular weight excluding hydrogens is 302 g/mol. The number of carbonyl (C=O) groups excluding carboxylic acids is 1. The van der Waals surface area contributed by atoms with Crippen molar-refractivity contribution in [3.05, 3.63) is 39.4 Å². The van der Waals surface area contributed by atoms with Gasteiger partial charge in [-0.15, -0.1) is 22.7 Å². The van der Waals surface area contributed by atoms with Gasteiger partial charge in [-0.2, -0.15) is 0 Å². The Labute approximate surface area is 132 Å². The topological polar surface area (TPSA) is 35.6 Å². The van der Waals surface area contributed by atoms with Crippen LogP contribution in [0.5, 0.6) is 0 Å². The first-order valence-electron chi connectivity index (χ1n) is 7.18. The molecule has 0 aromatic carbocycles. The Balaban J connectivity index is 1.30. The fourth-order valence-electron chi connectivity index (χ4n) is 2.97. The van der Waals surface area contributed by atoms with Gasteiger partial charge in [0.15, 0.2) is 0 Å². The van der Waals surface area contributed by atoms with E-state index >= 15 is 0 Å². The van der Waals surface area contributed by atoms with Crippen molar-refractivity contribution >= 4 is 33.7 Å². The van der Waals surface area contributed by atoms with E-state index in [1.165, 1.54) is 10.4 Å². The number of carbonyl (C=O) groups is 1. The lowest BCUT2D eigenvalue weighted by molar-refractivity contribution is 0.0533. The molecule has 1 saturated heterocycles. The quantitative estimate of drug-likeness (QED) is 0.923. The van der Waals surface area contributed by atoms with Crippen LogP contribution in [-0.4, -0.2) is 41.5 Å². The lowest BCUT2D eigenvalue weighted by Crippen LogP contribution is -2.62. The average molecular weight is 319 g/mol. The summed E-state index contributed by atoms with van der Waals surface area (Å²) in [4.78, 5) is 18.0. The van der Waals surface area contributed by atoms with Crippen molar-refractivity contribution in [3.8, 4) is 0 Å². The van der Waals surface area contributed by atoms with E-state index < -0.39 is 0 Å². The molecule has 2 amide bonds. The van der Waals surface area contributed by atoms with Crippen LogP contribution in [0.25, 0.3) is 0 Å². The Morgan fingerprint density at radius 3 is 2.95 bits per heavy atom. The second-order valence-electron chi connectivity index (χ2n) is 5.56. The van der Waals surface area contributed by atoms with E-state index in [1.54, 1.807) is 11.3 Å². The third kappa shape index (κ3) is 2.59. The summed E-state index contributed by atoms with van der Waals surface area (Å²) < 4.78 is 0. The van der Waals surface area contributed by atoms with Gasteiger partial charge in [-0.25, -0.2) is 4.79 Å². The molecule has 0 aliphatic carbocycles. The third-order valence-corrected chi connectivity index (χ3v) is 6.06. The summed E-state index contributed by atoms with van der Waals surface area (Å²) in [6, 6.07) is 6.68. The minimum atomic E-state index is 0.0296. The number of amides is 2. The molecule has 0 saturated carbocycles. The zero-order valence-electron chi connectivity index (χ0n) is 11.6. The second kappa shape index (κ2) is 5.44. The SMILES string of the molecule is O=C(Nc1cccs1)N1CC(N2CCc3sccc3C2)C1. The highest BCUT2D eigenvalue weighted by Crippen LogP contribution is 2.28. The van der Waals surface area contributed by atoms with Crippen molar-refractivity contribution in [2.24, 2.45) is 0 Å². The van der Waals surface area contributed by atoms with Gasteiger partial charge in [0.1, 0.15) is 0 Å². The summed E-state index contributed by atoms with van der Waals surface area (Å²) in [5, 5.41) is 8.03. The average Bonchev–Trinajstić information content (AvgIpc) is 3.07. The highest BCUT2D eigenvalue weighted by molar-refractivity contribution is 7.14. The molecule has 2 aromatic rings. The molecule has 4 rings (SSSR count). The van der Waals surface area contributed by atoms with Gasteiger partial charge in [0.25, 0.3) is 0 Å². The number of anilines is 1. The minimum Gasteiger partial charge on any atom is -0.321 e. The van der Waals surface area contributed by atoms with E-state index in [0.717, 1.165) is 37.6 Å². The molecule has 1 fully saturated rings. The number of nitrogens with one attached hydrogen (secondary N) is 1. The minimum absolute atomic E-state index is 0.0296. The Morgan fingerprint density at radius 2 is 2.14 bits per heavy atom. The number of rotatable bonds is 2. The number of thiophene rings is 2. The van der Waals surface area contributed by atoms with Gasteiger partial charge in [-0.1, -0.05) is 0 Å². The largest absolute Gasteiger partial charge is 0.322 e. The molecule has 2 aliphatic rings. The summed E-state index contributed by atoms with van der Waals surface area (Å²) in [5.74, 6) is 0. The molecule has 21 heavy (non-hydrogen) atoms. The summed E-state index contributed by atoms with van der Waals surface area (Å²) in [6.07, 6.45) is 1.16. The van der Waals surface area contributed by atoms with E-state index in [-0.39, 0.29) is 6.03 Å². The Kier molecular flexibility index (Phi) is 3.45. The Bertz CT molecular complexity index is 631. The van der Waals surface area contributed by atoms with Crippen LogP contribution in [0.1, 0.15) is 10.4 Å². The van der Waals surface area contributed by atoms with Gasteiger partial charge in [0.2, 0.25) is 0 Å². The van der Waals surface area contributed by atoms with E-state index in [9.17, 15) is 4.79 Å². The van der Waals surface area contributed by atoms with E-state index in [4.69, 9.17) is 0 Å². The summed E-state index contributed by atoms with van der Waals surface area (Å²) in [5.41, 5.74) is 1.48. The standard InChI is InChI=1S/C15H17N3OS2/c19-15(16-14-2-1-6-21-14)18-9-12(10-18)17-5-3-13-11(8-17)4-7-20-13/h1-2,4,6-7,12H,3,5,8-10H2,(H,16,19). The zero-order chi connectivity index (χ0) is 14.2. The van der Waals surface area contributed by atoms with Crippen molar-refractivity contribution in [2.75, 3.05) is 25.0 Å². The normalized spacial score (nSPS) is 19.1. The molecule has 0 bridgehead atoms. The smallest absolute Gasteiger partial charge is 0.321 e. The van der Waals surface area contributed by atoms with Gasteiger partial charge in [0, 0.05) is 37.1 Å². The molecule has 0 radical (unpaired) electrons. The monoisotopic (exact) mass is 319 g/mol. The van der Waals surface area contributed by atoms with Crippen molar-refractivity contribution in [3.63, 3.8) is 0 Å². The first-order chi connectivity index (χ1) is 10.3. The number of fused-ring (bicyclic) bond motifs is 1. The van der Waals surface area contributed by atoms with Crippen LogP contribution in [0.4, 0.5) is 9.80 Å². The predicted octanol–water partition coefficient (Wildman–Crippen LogP) is 3.08. The third-order valence-electron chi connectivity index (χ3n) is 4.25. The van der Waals surface area contributed by atoms with Crippen LogP contribution >= 0.6 is 22.7 Å². The molecule has 2 aromatic heterocycles. The van der Waals surface area contributed by atoms with Crippen molar-refractivity contribution in [1.29, 1.82) is 0 Å². The van der Waals surface area contributed by atoms with Crippen LogP contribution in [-0.2, 0) is 13.0 Å². The number of nitrogens with zero attached hydrogens (tertiary/aromatic N) is 2. The molecule has 2 aliphatic heterocycles. The first kappa shape index (κ1) is 13.3. The van der Waals surface area contributed by atoms with Gasteiger partial charge in [-0.3, -0.25) is 10.2 Å². The van der Waals surface area contributed by atoms with Crippen LogP contribution in [0, 0.1) is 0 Å². The molecule has 0 atom stereocenters. The fraction of sp³-hybridized carbons (Fsp3) is 0.400. The van der Waals surface area contributed by atoms with E-state index in [2.05, 4.69) is 21.7 Å². The zero-order valence-corrected chi connectivity index (χ0v) is 13.3. The summed E-state index contributed by atoms with van der Waals surface area (Å²) in [7, 11) is 0. The predicted molar refractivity (Wildman–Crippen MR) is 87.1 cm³/mol.